The summed E-state index contributed by atoms with van der Waals surface area (Å²) in [5, 5.41) is 19.5. The molecular weight excluding hydrogens is 204 g/mol. The van der Waals surface area contributed by atoms with Gasteiger partial charge in [-0.25, -0.2) is 0 Å². The molecule has 0 aromatic rings. The predicted octanol–water partition coefficient (Wildman–Crippen LogP) is 1.60. The average Bonchev–Trinajstić information content (AvgIpc) is 2.13. The van der Waals surface area contributed by atoms with Gasteiger partial charge >= 0.3 is 0 Å². The number of carbonyl (C=O) groups is 1. The standard InChI is InChI=1S/C13H20O3/c1-5-6-9(14)11-8(2)12(16)10(15)7-13(11,3)4/h5-6,10,12,15-16H,7H2,1-4H3/b6-5+. The molecular formula is C13H20O3. The Morgan fingerprint density at radius 1 is 1.44 bits per heavy atom. The highest BCUT2D eigenvalue weighted by atomic mass is 16.3. The summed E-state index contributed by atoms with van der Waals surface area (Å²) in [6.07, 6.45) is 1.90. The summed E-state index contributed by atoms with van der Waals surface area (Å²) >= 11 is 0. The van der Waals surface area contributed by atoms with E-state index in [1.807, 2.05) is 13.8 Å². The lowest BCUT2D eigenvalue weighted by Crippen LogP contribution is -2.41. The first-order valence-corrected chi connectivity index (χ1v) is 5.55. The summed E-state index contributed by atoms with van der Waals surface area (Å²) in [6, 6.07) is 0. The van der Waals surface area contributed by atoms with Gasteiger partial charge in [-0.1, -0.05) is 19.9 Å². The van der Waals surface area contributed by atoms with Crippen LogP contribution >= 0.6 is 0 Å². The molecule has 0 aliphatic heterocycles. The van der Waals surface area contributed by atoms with Crippen LogP contribution in [0.4, 0.5) is 0 Å². The van der Waals surface area contributed by atoms with Gasteiger partial charge in [0.1, 0.15) is 6.10 Å². The molecule has 3 nitrogen and oxygen atoms in total. The Kier molecular flexibility index (Phi) is 3.71. The molecule has 0 saturated carbocycles. The molecule has 0 heterocycles. The zero-order chi connectivity index (χ0) is 12.5. The average molecular weight is 224 g/mol. The number of hydrogen-bond acceptors (Lipinski definition) is 3. The van der Waals surface area contributed by atoms with Gasteiger partial charge in [0.05, 0.1) is 6.10 Å². The Hall–Kier alpha value is -0.930. The van der Waals surface area contributed by atoms with Gasteiger partial charge < -0.3 is 10.2 Å². The van der Waals surface area contributed by atoms with Gasteiger partial charge in [0, 0.05) is 5.57 Å². The highest BCUT2D eigenvalue weighted by molar-refractivity contribution is 6.05. The molecule has 0 saturated heterocycles. The van der Waals surface area contributed by atoms with Crippen molar-refractivity contribution in [2.75, 3.05) is 0 Å². The van der Waals surface area contributed by atoms with E-state index in [0.29, 0.717) is 17.6 Å². The molecule has 3 heteroatoms. The van der Waals surface area contributed by atoms with E-state index < -0.39 is 12.2 Å². The fourth-order valence-corrected chi connectivity index (χ4v) is 2.47. The van der Waals surface area contributed by atoms with Gasteiger partial charge in [0.25, 0.3) is 0 Å². The number of hydrogen-bond donors (Lipinski definition) is 2. The molecule has 16 heavy (non-hydrogen) atoms. The van der Waals surface area contributed by atoms with Crippen LogP contribution in [0, 0.1) is 5.41 Å². The summed E-state index contributed by atoms with van der Waals surface area (Å²) in [5.74, 6) is -0.0732. The van der Waals surface area contributed by atoms with Gasteiger partial charge in [-0.15, -0.1) is 0 Å². The van der Waals surface area contributed by atoms with Crippen molar-refractivity contribution in [1.29, 1.82) is 0 Å². The van der Waals surface area contributed by atoms with E-state index in [1.54, 1.807) is 19.9 Å². The van der Waals surface area contributed by atoms with Crippen molar-refractivity contribution in [3.8, 4) is 0 Å². The minimum Gasteiger partial charge on any atom is -0.390 e. The molecule has 1 aliphatic carbocycles. The summed E-state index contributed by atoms with van der Waals surface area (Å²) in [6.45, 7) is 7.34. The van der Waals surface area contributed by atoms with Crippen molar-refractivity contribution < 1.29 is 15.0 Å². The summed E-state index contributed by atoms with van der Waals surface area (Å²) < 4.78 is 0. The third-order valence-electron chi connectivity index (χ3n) is 3.16. The largest absolute Gasteiger partial charge is 0.390 e. The van der Waals surface area contributed by atoms with E-state index >= 15 is 0 Å². The topological polar surface area (TPSA) is 57.5 Å². The maximum atomic E-state index is 11.9. The van der Waals surface area contributed by atoms with Crippen molar-refractivity contribution in [1.82, 2.24) is 0 Å². The van der Waals surface area contributed by atoms with Crippen LogP contribution in [-0.2, 0) is 4.79 Å². The number of aliphatic hydroxyl groups excluding tert-OH is 2. The maximum Gasteiger partial charge on any atom is 0.182 e. The van der Waals surface area contributed by atoms with Gasteiger partial charge in [0.2, 0.25) is 0 Å². The van der Waals surface area contributed by atoms with Crippen LogP contribution in [0.1, 0.15) is 34.1 Å². The van der Waals surface area contributed by atoms with E-state index in [2.05, 4.69) is 0 Å². The fraction of sp³-hybridized carbons (Fsp3) is 0.615. The second-order valence-electron chi connectivity index (χ2n) is 5.02. The van der Waals surface area contributed by atoms with E-state index in [0.717, 1.165) is 0 Å². The molecule has 2 N–H and O–H groups in total. The minimum atomic E-state index is -0.919. The van der Waals surface area contributed by atoms with Crippen LogP contribution in [0.25, 0.3) is 0 Å². The molecule has 0 spiro atoms. The zero-order valence-corrected chi connectivity index (χ0v) is 10.3. The van der Waals surface area contributed by atoms with Crippen molar-refractivity contribution in [2.24, 2.45) is 5.41 Å². The van der Waals surface area contributed by atoms with Crippen molar-refractivity contribution in [2.45, 2.75) is 46.3 Å². The van der Waals surface area contributed by atoms with Gasteiger partial charge in [-0.2, -0.15) is 0 Å². The molecule has 2 unspecified atom stereocenters. The Morgan fingerprint density at radius 3 is 2.50 bits per heavy atom. The van der Waals surface area contributed by atoms with Gasteiger partial charge in [-0.05, 0) is 37.3 Å². The number of ketones is 1. The fourth-order valence-electron chi connectivity index (χ4n) is 2.47. The second kappa shape index (κ2) is 4.52. The van der Waals surface area contributed by atoms with E-state index in [9.17, 15) is 15.0 Å². The van der Waals surface area contributed by atoms with E-state index in [4.69, 9.17) is 0 Å². The first-order chi connectivity index (χ1) is 7.31. The quantitative estimate of drug-likeness (QED) is 0.700. The molecule has 1 aliphatic rings. The van der Waals surface area contributed by atoms with Crippen molar-refractivity contribution >= 4 is 5.78 Å². The van der Waals surface area contributed by atoms with E-state index in [-0.39, 0.29) is 11.2 Å². The van der Waals surface area contributed by atoms with Crippen LogP contribution in [0.3, 0.4) is 0 Å². The molecule has 90 valence electrons. The minimum absolute atomic E-state index is 0.0732. The first kappa shape index (κ1) is 13.1. The van der Waals surface area contributed by atoms with Gasteiger partial charge in [0.15, 0.2) is 5.78 Å². The van der Waals surface area contributed by atoms with Crippen LogP contribution in [0.2, 0.25) is 0 Å². The zero-order valence-electron chi connectivity index (χ0n) is 10.3. The summed E-state index contributed by atoms with van der Waals surface area (Å²) in [5.41, 5.74) is 0.828. The van der Waals surface area contributed by atoms with Gasteiger partial charge in [-0.3, -0.25) is 4.79 Å². The SMILES string of the molecule is C/C=C/C(=O)C1=C(C)C(O)C(O)CC1(C)C. The highest BCUT2D eigenvalue weighted by Gasteiger charge is 2.40. The Labute approximate surface area is 96.5 Å². The lowest BCUT2D eigenvalue weighted by atomic mass is 9.69. The summed E-state index contributed by atoms with van der Waals surface area (Å²) in [4.78, 5) is 11.9. The van der Waals surface area contributed by atoms with Crippen LogP contribution in [-0.4, -0.2) is 28.2 Å². The molecule has 0 aromatic carbocycles. The third-order valence-corrected chi connectivity index (χ3v) is 3.16. The molecule has 2 atom stereocenters. The summed E-state index contributed by atoms with van der Waals surface area (Å²) in [7, 11) is 0. The normalized spacial score (nSPS) is 29.9. The number of allylic oxidation sites excluding steroid dienone is 3. The Morgan fingerprint density at radius 2 is 2.00 bits per heavy atom. The molecule has 0 amide bonds. The molecule has 0 fully saturated rings. The molecule has 0 aromatic heterocycles. The Balaban J connectivity index is 3.24. The maximum absolute atomic E-state index is 11.9. The molecule has 1 rings (SSSR count). The smallest absolute Gasteiger partial charge is 0.182 e. The van der Waals surface area contributed by atoms with Crippen molar-refractivity contribution in [3.05, 3.63) is 23.3 Å². The number of rotatable bonds is 2. The monoisotopic (exact) mass is 224 g/mol. The van der Waals surface area contributed by atoms with Crippen molar-refractivity contribution in [3.63, 3.8) is 0 Å². The number of aliphatic hydroxyl groups is 2. The lowest BCUT2D eigenvalue weighted by molar-refractivity contribution is -0.113. The van der Waals surface area contributed by atoms with Crippen LogP contribution in [0.15, 0.2) is 23.3 Å². The number of carbonyl (C=O) groups excluding carboxylic acids is 1. The Bertz CT molecular complexity index is 350. The molecule has 0 bridgehead atoms. The first-order valence-electron chi connectivity index (χ1n) is 5.55. The molecule has 0 radical (unpaired) electrons. The second-order valence-corrected chi connectivity index (χ2v) is 5.02. The predicted molar refractivity (Wildman–Crippen MR) is 62.9 cm³/mol. The van der Waals surface area contributed by atoms with Crippen LogP contribution in [0.5, 0.6) is 0 Å². The van der Waals surface area contributed by atoms with Crippen LogP contribution < -0.4 is 0 Å². The third kappa shape index (κ3) is 2.25. The highest BCUT2D eigenvalue weighted by Crippen LogP contribution is 2.40. The lowest BCUT2D eigenvalue weighted by Gasteiger charge is -2.38. The van der Waals surface area contributed by atoms with E-state index in [1.165, 1.54) is 6.08 Å².